The Labute approximate surface area is 163 Å². The highest BCUT2D eigenvalue weighted by Crippen LogP contribution is 2.22. The second-order valence-electron chi connectivity index (χ2n) is 6.35. The number of halogens is 1. The molecule has 7 nitrogen and oxygen atoms in total. The Morgan fingerprint density at radius 3 is 2.41 bits per heavy atom. The van der Waals surface area contributed by atoms with Crippen LogP contribution in [0.15, 0.2) is 48.8 Å². The van der Waals surface area contributed by atoms with Crippen LogP contribution in [0.4, 0.5) is 23.4 Å². The average molecular weight is 382 g/mol. The Bertz CT molecular complexity index is 911. The van der Waals surface area contributed by atoms with Gasteiger partial charge in [-0.05, 0) is 31.2 Å². The van der Waals surface area contributed by atoms with Gasteiger partial charge in [0.15, 0.2) is 0 Å². The summed E-state index contributed by atoms with van der Waals surface area (Å²) in [5.74, 6) is 2.26. The van der Waals surface area contributed by atoms with Gasteiger partial charge in [-0.15, -0.1) is 0 Å². The SMILES string of the molecule is Cc1cc(N2CCN(c3ncccn3)CC2)nc(Nc2cccc(Cl)c2)n1. The molecular formula is C19H20ClN7. The van der Waals surface area contributed by atoms with Crippen LogP contribution in [0.1, 0.15) is 5.69 Å². The van der Waals surface area contributed by atoms with Gasteiger partial charge < -0.3 is 15.1 Å². The maximum absolute atomic E-state index is 6.06. The molecule has 0 spiro atoms. The summed E-state index contributed by atoms with van der Waals surface area (Å²) >= 11 is 6.06. The van der Waals surface area contributed by atoms with Gasteiger partial charge in [0.2, 0.25) is 11.9 Å². The summed E-state index contributed by atoms with van der Waals surface area (Å²) in [6.07, 6.45) is 3.55. The van der Waals surface area contributed by atoms with Crippen molar-refractivity contribution in [2.45, 2.75) is 6.92 Å². The van der Waals surface area contributed by atoms with E-state index in [1.807, 2.05) is 43.3 Å². The minimum atomic E-state index is 0.570. The predicted octanol–water partition coefficient (Wildman–Crippen LogP) is 3.30. The van der Waals surface area contributed by atoms with Crippen LogP contribution in [0, 0.1) is 6.92 Å². The monoisotopic (exact) mass is 381 g/mol. The fraction of sp³-hybridized carbons (Fsp3) is 0.263. The molecule has 8 heteroatoms. The molecule has 0 radical (unpaired) electrons. The molecule has 0 aliphatic carbocycles. The highest BCUT2D eigenvalue weighted by atomic mass is 35.5. The number of hydrogen-bond acceptors (Lipinski definition) is 7. The number of nitrogens with zero attached hydrogens (tertiary/aromatic N) is 6. The maximum Gasteiger partial charge on any atom is 0.229 e. The van der Waals surface area contributed by atoms with Crippen molar-refractivity contribution in [3.8, 4) is 0 Å². The molecule has 3 aromatic rings. The lowest BCUT2D eigenvalue weighted by molar-refractivity contribution is 0.634. The number of anilines is 4. The molecule has 4 rings (SSSR count). The van der Waals surface area contributed by atoms with E-state index in [-0.39, 0.29) is 0 Å². The molecule has 2 aromatic heterocycles. The van der Waals surface area contributed by atoms with Crippen molar-refractivity contribution in [1.29, 1.82) is 0 Å². The second-order valence-corrected chi connectivity index (χ2v) is 6.79. The van der Waals surface area contributed by atoms with Gasteiger partial charge in [-0.3, -0.25) is 0 Å². The van der Waals surface area contributed by atoms with Gasteiger partial charge in [-0.1, -0.05) is 17.7 Å². The van der Waals surface area contributed by atoms with E-state index in [1.165, 1.54) is 0 Å². The molecule has 0 saturated carbocycles. The van der Waals surface area contributed by atoms with Crippen LogP contribution in [0.25, 0.3) is 0 Å². The lowest BCUT2D eigenvalue weighted by Crippen LogP contribution is -2.47. The highest BCUT2D eigenvalue weighted by Gasteiger charge is 2.20. The van der Waals surface area contributed by atoms with Crippen LogP contribution < -0.4 is 15.1 Å². The number of nitrogens with one attached hydrogen (secondary N) is 1. The Kier molecular flexibility index (Phi) is 5.02. The largest absolute Gasteiger partial charge is 0.353 e. The summed E-state index contributed by atoms with van der Waals surface area (Å²) < 4.78 is 0. The first-order chi connectivity index (χ1) is 13.2. The second kappa shape index (κ2) is 7.75. The molecule has 1 aromatic carbocycles. The number of rotatable bonds is 4. The molecule has 1 aliphatic heterocycles. The van der Waals surface area contributed by atoms with E-state index >= 15 is 0 Å². The molecular weight excluding hydrogens is 362 g/mol. The zero-order valence-electron chi connectivity index (χ0n) is 15.0. The fourth-order valence-electron chi connectivity index (χ4n) is 3.06. The summed E-state index contributed by atoms with van der Waals surface area (Å²) in [6.45, 7) is 5.38. The molecule has 27 heavy (non-hydrogen) atoms. The third-order valence-corrected chi connectivity index (χ3v) is 4.60. The van der Waals surface area contributed by atoms with Gasteiger partial charge in [-0.25, -0.2) is 15.0 Å². The van der Waals surface area contributed by atoms with E-state index in [9.17, 15) is 0 Å². The minimum absolute atomic E-state index is 0.570. The van der Waals surface area contributed by atoms with E-state index in [0.29, 0.717) is 11.0 Å². The molecule has 138 valence electrons. The molecule has 0 amide bonds. The molecule has 0 unspecified atom stereocenters. The number of hydrogen-bond donors (Lipinski definition) is 1. The van der Waals surface area contributed by atoms with Crippen molar-refractivity contribution in [3.05, 3.63) is 59.5 Å². The predicted molar refractivity (Wildman–Crippen MR) is 108 cm³/mol. The van der Waals surface area contributed by atoms with Crippen molar-refractivity contribution in [3.63, 3.8) is 0 Å². The first-order valence-electron chi connectivity index (χ1n) is 8.82. The van der Waals surface area contributed by atoms with Crippen molar-refractivity contribution in [1.82, 2.24) is 19.9 Å². The Hall–Kier alpha value is -2.93. The normalized spacial score (nSPS) is 14.3. The lowest BCUT2D eigenvalue weighted by Gasteiger charge is -2.35. The van der Waals surface area contributed by atoms with E-state index in [2.05, 4.69) is 30.1 Å². The van der Waals surface area contributed by atoms with E-state index in [1.54, 1.807) is 12.4 Å². The number of benzene rings is 1. The van der Waals surface area contributed by atoms with Crippen molar-refractivity contribution in [2.75, 3.05) is 41.3 Å². The Morgan fingerprint density at radius 2 is 1.67 bits per heavy atom. The topological polar surface area (TPSA) is 70.1 Å². The molecule has 1 N–H and O–H groups in total. The number of piperazine rings is 1. The van der Waals surface area contributed by atoms with Crippen LogP contribution in [0.3, 0.4) is 0 Å². The van der Waals surface area contributed by atoms with Crippen LogP contribution >= 0.6 is 11.6 Å². The summed E-state index contributed by atoms with van der Waals surface area (Å²) in [5, 5.41) is 3.91. The zero-order chi connectivity index (χ0) is 18.6. The average Bonchev–Trinajstić information content (AvgIpc) is 2.68. The zero-order valence-corrected chi connectivity index (χ0v) is 15.8. The molecule has 1 aliphatic rings. The van der Waals surface area contributed by atoms with Gasteiger partial charge in [0.05, 0.1) is 0 Å². The first kappa shape index (κ1) is 17.5. The van der Waals surface area contributed by atoms with Crippen LogP contribution in [-0.4, -0.2) is 46.1 Å². The first-order valence-corrected chi connectivity index (χ1v) is 9.20. The van der Waals surface area contributed by atoms with Crippen LogP contribution in [0.5, 0.6) is 0 Å². The lowest BCUT2D eigenvalue weighted by atomic mass is 10.3. The Balaban J connectivity index is 1.47. The van der Waals surface area contributed by atoms with Crippen molar-refractivity contribution in [2.24, 2.45) is 0 Å². The smallest absolute Gasteiger partial charge is 0.229 e. The fourth-order valence-corrected chi connectivity index (χ4v) is 3.25. The molecule has 0 bridgehead atoms. The summed E-state index contributed by atoms with van der Waals surface area (Å²) in [5.41, 5.74) is 1.78. The quantitative estimate of drug-likeness (QED) is 0.743. The third-order valence-electron chi connectivity index (χ3n) is 4.36. The standard InChI is InChI=1S/C19H20ClN7/c1-14-12-17(25-18(23-14)24-16-5-2-4-15(20)13-16)26-8-10-27(11-9-26)19-21-6-3-7-22-19/h2-7,12-13H,8-11H2,1H3,(H,23,24,25). The maximum atomic E-state index is 6.06. The summed E-state index contributed by atoms with van der Waals surface area (Å²) in [6, 6.07) is 11.4. The van der Waals surface area contributed by atoms with Crippen molar-refractivity contribution >= 4 is 35.0 Å². The number of aromatic nitrogens is 4. The van der Waals surface area contributed by atoms with Gasteiger partial charge in [0.1, 0.15) is 5.82 Å². The molecule has 0 atom stereocenters. The molecule has 1 fully saturated rings. The summed E-state index contributed by atoms with van der Waals surface area (Å²) in [4.78, 5) is 22.3. The Morgan fingerprint density at radius 1 is 0.926 bits per heavy atom. The molecule has 1 saturated heterocycles. The van der Waals surface area contributed by atoms with E-state index < -0.39 is 0 Å². The van der Waals surface area contributed by atoms with Gasteiger partial charge in [-0.2, -0.15) is 4.98 Å². The van der Waals surface area contributed by atoms with Crippen molar-refractivity contribution < 1.29 is 0 Å². The van der Waals surface area contributed by atoms with Crippen LogP contribution in [-0.2, 0) is 0 Å². The molecule has 3 heterocycles. The van der Waals surface area contributed by atoms with Gasteiger partial charge in [0.25, 0.3) is 0 Å². The highest BCUT2D eigenvalue weighted by molar-refractivity contribution is 6.30. The van der Waals surface area contributed by atoms with E-state index in [0.717, 1.165) is 49.3 Å². The van der Waals surface area contributed by atoms with Crippen LogP contribution in [0.2, 0.25) is 5.02 Å². The van der Waals surface area contributed by atoms with Gasteiger partial charge in [0, 0.05) is 61.0 Å². The minimum Gasteiger partial charge on any atom is -0.353 e. The van der Waals surface area contributed by atoms with E-state index in [4.69, 9.17) is 16.6 Å². The van der Waals surface area contributed by atoms with Gasteiger partial charge >= 0.3 is 0 Å². The summed E-state index contributed by atoms with van der Waals surface area (Å²) in [7, 11) is 0. The number of aryl methyl sites for hydroxylation is 1. The third kappa shape index (κ3) is 4.25.